The largest absolute Gasteiger partial charge is 0.469 e. The van der Waals surface area contributed by atoms with Gasteiger partial charge < -0.3 is 9.47 Å². The molecule has 0 N–H and O–H groups in total. The molecule has 0 unspecified atom stereocenters. The van der Waals surface area contributed by atoms with E-state index in [0.29, 0.717) is 12.5 Å². The molecule has 0 aromatic rings. The van der Waals surface area contributed by atoms with Gasteiger partial charge in [0.2, 0.25) is 0 Å². The predicted molar refractivity (Wildman–Crippen MR) is 105 cm³/mol. The number of methoxy groups -OCH3 is 1. The van der Waals surface area contributed by atoms with Gasteiger partial charge in [-0.15, -0.1) is 0 Å². The van der Waals surface area contributed by atoms with Crippen molar-refractivity contribution in [3.05, 3.63) is 11.6 Å². The van der Waals surface area contributed by atoms with E-state index in [1.165, 1.54) is 19.6 Å². The molecule has 2 bridgehead atoms. The van der Waals surface area contributed by atoms with Gasteiger partial charge in [0.05, 0.1) is 19.1 Å². The standard InChI is InChI=1S/C23H34O6/c1-13(2)16-6-7-17-20-18-10-14(3)19(29-28-18)11-22(20,12-27-15(4)24)8-9-23(16,17)21(25)26-5/h10,13,16-20H,6-9,11-12H2,1-5H3/t16-,17+,18-,19-,20-,22+,23+/m1/s1. The normalized spacial score (nSPS) is 43.2. The summed E-state index contributed by atoms with van der Waals surface area (Å²) in [5, 5.41) is 0. The minimum atomic E-state index is -0.499. The summed E-state index contributed by atoms with van der Waals surface area (Å²) in [4.78, 5) is 36.6. The summed E-state index contributed by atoms with van der Waals surface area (Å²) >= 11 is 0. The second-order valence-corrected chi connectivity index (χ2v) is 10.00. The molecule has 3 fully saturated rings. The maximum absolute atomic E-state index is 13.3. The monoisotopic (exact) mass is 406 g/mol. The molecule has 162 valence electrons. The van der Waals surface area contributed by atoms with Crippen LogP contribution < -0.4 is 0 Å². The first kappa shape index (κ1) is 20.9. The van der Waals surface area contributed by atoms with Crippen LogP contribution in [0, 0.1) is 34.5 Å². The van der Waals surface area contributed by atoms with Crippen molar-refractivity contribution in [2.45, 2.75) is 72.0 Å². The molecule has 2 saturated carbocycles. The van der Waals surface area contributed by atoms with E-state index >= 15 is 0 Å². The molecule has 1 saturated heterocycles. The van der Waals surface area contributed by atoms with Crippen LogP contribution in [0.25, 0.3) is 0 Å². The highest BCUT2D eigenvalue weighted by Gasteiger charge is 2.68. The van der Waals surface area contributed by atoms with Gasteiger partial charge in [-0.1, -0.05) is 19.9 Å². The molecule has 6 nitrogen and oxygen atoms in total. The Bertz CT molecular complexity index is 714. The van der Waals surface area contributed by atoms with E-state index < -0.39 is 5.41 Å². The number of rotatable bonds is 4. The zero-order chi connectivity index (χ0) is 21.0. The summed E-state index contributed by atoms with van der Waals surface area (Å²) in [7, 11) is 1.51. The lowest BCUT2D eigenvalue weighted by Crippen LogP contribution is -2.57. The molecule has 0 spiro atoms. The number of hydrogen-bond donors (Lipinski definition) is 0. The van der Waals surface area contributed by atoms with Crippen LogP contribution in [0.3, 0.4) is 0 Å². The van der Waals surface area contributed by atoms with Crippen LogP contribution in [0.15, 0.2) is 11.6 Å². The highest BCUT2D eigenvalue weighted by atomic mass is 17.2. The third-order valence-corrected chi connectivity index (χ3v) is 8.39. The SMILES string of the molecule is COC(=O)[C@]12CC[C@@]3(COC(C)=O)C[C@H]4OO[C@H](C=C4C)[C@H]3[C@@H]1CC[C@@H]2C(C)C. The Kier molecular flexibility index (Phi) is 5.31. The molecule has 6 heteroatoms. The van der Waals surface area contributed by atoms with Gasteiger partial charge >= 0.3 is 11.9 Å². The first-order valence-corrected chi connectivity index (χ1v) is 11.0. The summed E-state index contributed by atoms with van der Waals surface area (Å²) in [5.41, 5.74) is 0.417. The van der Waals surface area contributed by atoms with Gasteiger partial charge in [-0.3, -0.25) is 9.59 Å². The van der Waals surface area contributed by atoms with E-state index in [4.69, 9.17) is 19.2 Å². The smallest absolute Gasteiger partial charge is 0.312 e. The lowest BCUT2D eigenvalue weighted by atomic mass is 9.49. The van der Waals surface area contributed by atoms with Crippen molar-refractivity contribution in [2.75, 3.05) is 13.7 Å². The van der Waals surface area contributed by atoms with E-state index in [2.05, 4.69) is 26.8 Å². The molecular weight excluding hydrogens is 372 g/mol. The molecule has 2 heterocycles. The van der Waals surface area contributed by atoms with Crippen molar-refractivity contribution < 1.29 is 28.8 Å². The molecule has 0 radical (unpaired) electrons. The molecule has 5 aliphatic rings. The van der Waals surface area contributed by atoms with Crippen molar-refractivity contribution in [3.63, 3.8) is 0 Å². The van der Waals surface area contributed by atoms with E-state index in [9.17, 15) is 9.59 Å². The molecule has 0 aromatic carbocycles. The zero-order valence-corrected chi connectivity index (χ0v) is 18.2. The van der Waals surface area contributed by atoms with E-state index in [1.807, 2.05) is 0 Å². The third-order valence-electron chi connectivity index (χ3n) is 8.39. The summed E-state index contributed by atoms with van der Waals surface area (Å²) in [5.74, 6) is 0.523. The van der Waals surface area contributed by atoms with Crippen molar-refractivity contribution >= 4 is 11.9 Å². The number of carbonyl (C=O) groups is 2. The Morgan fingerprint density at radius 3 is 2.62 bits per heavy atom. The molecule has 7 atom stereocenters. The molecule has 29 heavy (non-hydrogen) atoms. The molecule has 0 amide bonds. The number of carbonyl (C=O) groups excluding carboxylic acids is 2. The van der Waals surface area contributed by atoms with Crippen LogP contribution in [0.2, 0.25) is 0 Å². The van der Waals surface area contributed by atoms with Crippen molar-refractivity contribution in [1.82, 2.24) is 0 Å². The average Bonchev–Trinajstić information content (AvgIpc) is 2.94. The van der Waals surface area contributed by atoms with Crippen LogP contribution in [0.5, 0.6) is 0 Å². The Balaban J connectivity index is 1.81. The lowest BCUT2D eigenvalue weighted by molar-refractivity contribution is -0.344. The van der Waals surface area contributed by atoms with Crippen LogP contribution in [0.1, 0.15) is 59.8 Å². The lowest BCUT2D eigenvalue weighted by Gasteiger charge is -2.54. The van der Waals surface area contributed by atoms with Crippen molar-refractivity contribution in [3.8, 4) is 0 Å². The average molecular weight is 407 g/mol. The maximum Gasteiger partial charge on any atom is 0.312 e. The Hall–Kier alpha value is -1.40. The topological polar surface area (TPSA) is 71.1 Å². The number of fused-ring (bicyclic) bond motifs is 2. The molecule has 3 aliphatic carbocycles. The van der Waals surface area contributed by atoms with Crippen LogP contribution >= 0.6 is 0 Å². The highest BCUT2D eigenvalue weighted by molar-refractivity contribution is 5.78. The predicted octanol–water partition coefficient (Wildman–Crippen LogP) is 3.84. The first-order chi connectivity index (χ1) is 13.7. The van der Waals surface area contributed by atoms with Gasteiger partial charge in [-0.2, -0.15) is 0 Å². The molecule has 5 rings (SSSR count). The van der Waals surface area contributed by atoms with Crippen LogP contribution in [-0.4, -0.2) is 37.9 Å². The number of hydrogen-bond acceptors (Lipinski definition) is 6. The fourth-order valence-electron chi connectivity index (χ4n) is 7.21. The zero-order valence-electron chi connectivity index (χ0n) is 18.2. The van der Waals surface area contributed by atoms with Gasteiger partial charge in [0.1, 0.15) is 12.2 Å². The van der Waals surface area contributed by atoms with Gasteiger partial charge in [0.15, 0.2) is 0 Å². The number of esters is 2. The fraction of sp³-hybridized carbons (Fsp3) is 0.826. The van der Waals surface area contributed by atoms with Gasteiger partial charge in [0.25, 0.3) is 0 Å². The minimum Gasteiger partial charge on any atom is -0.469 e. The second-order valence-electron chi connectivity index (χ2n) is 10.00. The third kappa shape index (κ3) is 3.05. The summed E-state index contributed by atoms with van der Waals surface area (Å²) in [6.45, 7) is 8.31. The Morgan fingerprint density at radius 2 is 2.00 bits per heavy atom. The van der Waals surface area contributed by atoms with Gasteiger partial charge in [-0.05, 0) is 62.4 Å². The number of ether oxygens (including phenoxy) is 2. The second kappa shape index (κ2) is 7.38. The van der Waals surface area contributed by atoms with E-state index in [0.717, 1.165) is 32.1 Å². The summed E-state index contributed by atoms with van der Waals surface area (Å²) in [6.07, 6.45) is 6.11. The van der Waals surface area contributed by atoms with Crippen molar-refractivity contribution in [2.24, 2.45) is 34.5 Å². The summed E-state index contributed by atoms with van der Waals surface area (Å²) in [6, 6.07) is 0. The van der Waals surface area contributed by atoms with Gasteiger partial charge in [0, 0.05) is 18.3 Å². The quantitative estimate of drug-likeness (QED) is 0.401. The van der Waals surface area contributed by atoms with Crippen LogP contribution in [0.4, 0.5) is 0 Å². The Labute approximate surface area is 173 Å². The Morgan fingerprint density at radius 1 is 1.24 bits per heavy atom. The summed E-state index contributed by atoms with van der Waals surface area (Å²) < 4.78 is 11.0. The van der Waals surface area contributed by atoms with Crippen LogP contribution in [-0.2, 0) is 28.8 Å². The molecular formula is C23H34O6. The van der Waals surface area contributed by atoms with Crippen molar-refractivity contribution in [1.29, 1.82) is 0 Å². The van der Waals surface area contributed by atoms with E-state index in [-0.39, 0.29) is 47.3 Å². The first-order valence-electron chi connectivity index (χ1n) is 11.0. The molecule has 0 aromatic heterocycles. The maximum atomic E-state index is 13.3. The minimum absolute atomic E-state index is 0.0564. The highest BCUT2D eigenvalue weighted by Crippen LogP contribution is 2.67. The fourth-order valence-corrected chi connectivity index (χ4v) is 7.21. The van der Waals surface area contributed by atoms with Gasteiger partial charge in [-0.25, -0.2) is 9.78 Å². The van der Waals surface area contributed by atoms with E-state index in [1.54, 1.807) is 0 Å². The molecule has 2 aliphatic heterocycles.